The highest BCUT2D eigenvalue weighted by Crippen LogP contribution is 2.32. The van der Waals surface area contributed by atoms with Gasteiger partial charge in [0, 0.05) is 0 Å². The summed E-state index contributed by atoms with van der Waals surface area (Å²) in [5, 5.41) is -0.907. The molecule has 2 rings (SSSR count). The fourth-order valence-corrected chi connectivity index (χ4v) is 5.69. The zero-order valence-corrected chi connectivity index (χ0v) is 15.3. The van der Waals surface area contributed by atoms with Gasteiger partial charge in [0.2, 0.25) is 0 Å². The number of benzene rings is 2. The van der Waals surface area contributed by atoms with Crippen molar-refractivity contribution in [2.75, 3.05) is 0 Å². The largest absolute Gasteiger partial charge is 0.295 e. The van der Waals surface area contributed by atoms with Crippen LogP contribution < -0.4 is 0 Å². The third-order valence-corrected chi connectivity index (χ3v) is 6.91. The van der Waals surface area contributed by atoms with Crippen LogP contribution in [0.4, 0.5) is 0 Å². The molecule has 0 unspecified atom stereocenters. The van der Waals surface area contributed by atoms with Crippen LogP contribution in [-0.2, 0) is 40.5 Å². The quantitative estimate of drug-likeness (QED) is 0.448. The van der Waals surface area contributed by atoms with E-state index < -0.39 is 70.8 Å². The highest BCUT2D eigenvalue weighted by molar-refractivity contribution is 7.89. The molecule has 4 N–H and O–H groups in total. The lowest BCUT2D eigenvalue weighted by molar-refractivity contribution is 0.466. The predicted molar refractivity (Wildman–Crippen MR) is 83.2 cm³/mol. The second-order valence-corrected chi connectivity index (χ2v) is 10.4. The topological polar surface area (TPSA) is 217 Å². The summed E-state index contributed by atoms with van der Waals surface area (Å²) in [7, 11) is -20.9. The van der Waals surface area contributed by atoms with Gasteiger partial charge in [0.1, 0.15) is 19.6 Å². The monoisotopic (exact) mass is 448 g/mol. The maximum absolute atomic E-state index is 11.3. The van der Waals surface area contributed by atoms with Crippen LogP contribution in [0.2, 0.25) is 0 Å². The first-order valence-electron chi connectivity index (χ1n) is 5.94. The van der Waals surface area contributed by atoms with E-state index >= 15 is 0 Å². The molecule has 0 saturated heterocycles. The van der Waals surface area contributed by atoms with Crippen LogP contribution in [-0.4, -0.2) is 51.9 Å². The van der Waals surface area contributed by atoms with Crippen molar-refractivity contribution in [1.29, 1.82) is 0 Å². The average Bonchev–Trinajstić information content (AvgIpc) is 2.40. The maximum atomic E-state index is 11.3. The Hall–Kier alpha value is -1.66. The van der Waals surface area contributed by atoms with E-state index in [1.165, 1.54) is 0 Å². The molecule has 0 atom stereocenters. The molecule has 0 aliphatic rings. The Balaban J connectivity index is 3.16. The van der Waals surface area contributed by atoms with Crippen LogP contribution in [0.25, 0.3) is 10.8 Å². The van der Waals surface area contributed by atoms with Crippen LogP contribution in [0.1, 0.15) is 0 Å². The zero-order valence-electron chi connectivity index (χ0n) is 12.0. The van der Waals surface area contributed by atoms with Gasteiger partial charge in [-0.25, -0.2) is 0 Å². The first kappa shape index (κ1) is 20.6. The molecule has 2 aromatic carbocycles. The minimum atomic E-state index is -5.21. The van der Waals surface area contributed by atoms with Crippen LogP contribution in [0.5, 0.6) is 0 Å². The van der Waals surface area contributed by atoms with Crippen LogP contribution in [0.15, 0.2) is 43.8 Å². The van der Waals surface area contributed by atoms with Gasteiger partial charge < -0.3 is 0 Å². The van der Waals surface area contributed by atoms with Gasteiger partial charge in [-0.15, -0.1) is 0 Å². The Morgan fingerprint density at radius 2 is 0.577 bits per heavy atom. The molecule has 0 radical (unpaired) electrons. The van der Waals surface area contributed by atoms with Gasteiger partial charge in [0.15, 0.2) is 0 Å². The van der Waals surface area contributed by atoms with Crippen molar-refractivity contribution in [2.45, 2.75) is 19.6 Å². The van der Waals surface area contributed by atoms with Crippen molar-refractivity contribution < 1.29 is 51.9 Å². The summed E-state index contributed by atoms with van der Waals surface area (Å²) in [6, 6.07) is 1.71. The van der Waals surface area contributed by atoms with Crippen molar-refractivity contribution in [3.63, 3.8) is 0 Å². The summed E-state index contributed by atoms with van der Waals surface area (Å²) in [4.78, 5) is -5.30. The minimum absolute atomic E-state index is 0.427. The van der Waals surface area contributed by atoms with E-state index in [0.29, 0.717) is 24.3 Å². The van der Waals surface area contributed by atoms with Gasteiger partial charge in [-0.2, -0.15) is 33.7 Å². The highest BCUT2D eigenvalue weighted by atomic mass is 32.2. The van der Waals surface area contributed by atoms with Crippen molar-refractivity contribution in [1.82, 2.24) is 0 Å². The second-order valence-electron chi connectivity index (χ2n) is 4.85. The standard InChI is InChI=1S/C10H8O12S4/c11-23(12,13)7-1-5-2-9(25(17,18)19)10(26(20,21)22)4-6(5)3-8(7)24(14,15)16/h1-4H,(H,11,12,13)(H,14,15,16)(H,17,18,19)(H,20,21,22). The Labute approximate surface area is 147 Å². The molecule has 144 valence electrons. The average molecular weight is 448 g/mol. The van der Waals surface area contributed by atoms with E-state index in [0.717, 1.165) is 0 Å². The molecule has 0 aliphatic heterocycles. The van der Waals surface area contributed by atoms with E-state index in [4.69, 9.17) is 18.2 Å². The summed E-state index contributed by atoms with van der Waals surface area (Å²) < 4.78 is 127. The lowest BCUT2D eigenvalue weighted by Gasteiger charge is -2.10. The Bertz CT molecular complexity index is 1140. The van der Waals surface area contributed by atoms with E-state index in [-0.39, 0.29) is 0 Å². The smallest absolute Gasteiger partial charge is 0.282 e. The summed E-state index contributed by atoms with van der Waals surface area (Å²) >= 11 is 0. The molecule has 0 aliphatic carbocycles. The molecule has 12 nitrogen and oxygen atoms in total. The van der Waals surface area contributed by atoms with Crippen molar-refractivity contribution in [3.8, 4) is 0 Å². The lowest BCUT2D eigenvalue weighted by atomic mass is 10.1. The minimum Gasteiger partial charge on any atom is -0.282 e. The van der Waals surface area contributed by atoms with Gasteiger partial charge in [-0.3, -0.25) is 18.2 Å². The molecule has 0 saturated carbocycles. The molecule has 26 heavy (non-hydrogen) atoms. The Kier molecular flexibility index (Phi) is 4.71. The molecule has 16 heteroatoms. The molecule has 0 fully saturated rings. The zero-order chi connectivity index (χ0) is 20.3. The second kappa shape index (κ2) is 5.92. The number of fused-ring (bicyclic) bond motifs is 1. The van der Waals surface area contributed by atoms with Crippen LogP contribution in [0.3, 0.4) is 0 Å². The third-order valence-electron chi connectivity index (χ3n) is 3.08. The molecular formula is C10H8O12S4. The molecule has 0 heterocycles. The molecule has 2 aromatic rings. The van der Waals surface area contributed by atoms with Crippen molar-refractivity contribution >= 4 is 51.2 Å². The predicted octanol–water partition coefficient (Wildman–Crippen LogP) is -0.173. The summed E-state index contributed by atoms with van der Waals surface area (Å²) in [6.45, 7) is 0. The molecule has 0 bridgehead atoms. The normalized spacial score (nSPS) is 13.8. The Morgan fingerprint density at radius 1 is 0.423 bits per heavy atom. The highest BCUT2D eigenvalue weighted by Gasteiger charge is 2.28. The van der Waals surface area contributed by atoms with E-state index in [1.54, 1.807) is 0 Å². The van der Waals surface area contributed by atoms with Gasteiger partial charge in [0.25, 0.3) is 40.5 Å². The van der Waals surface area contributed by atoms with Gasteiger partial charge in [-0.1, -0.05) is 0 Å². The summed E-state index contributed by atoms with van der Waals surface area (Å²) in [5.41, 5.74) is 0. The van der Waals surface area contributed by atoms with E-state index in [9.17, 15) is 33.7 Å². The number of hydrogen-bond acceptors (Lipinski definition) is 8. The SMILES string of the molecule is O=S(=O)(O)c1cc2cc(S(=O)(=O)O)c(S(=O)(=O)O)cc2cc1S(=O)(=O)O. The Morgan fingerprint density at radius 3 is 0.692 bits per heavy atom. The summed E-state index contributed by atoms with van der Waals surface area (Å²) in [5.74, 6) is 0. The molecular weight excluding hydrogens is 440 g/mol. The van der Waals surface area contributed by atoms with Gasteiger partial charge in [-0.05, 0) is 35.0 Å². The van der Waals surface area contributed by atoms with Crippen molar-refractivity contribution in [2.24, 2.45) is 0 Å². The van der Waals surface area contributed by atoms with Gasteiger partial charge in [0.05, 0.1) is 0 Å². The first-order valence-corrected chi connectivity index (χ1v) is 11.7. The van der Waals surface area contributed by atoms with Gasteiger partial charge >= 0.3 is 0 Å². The number of rotatable bonds is 4. The molecule has 0 aromatic heterocycles. The van der Waals surface area contributed by atoms with E-state index in [2.05, 4.69) is 0 Å². The number of hydrogen-bond donors (Lipinski definition) is 4. The fourth-order valence-electron chi connectivity index (χ4n) is 2.07. The first-order chi connectivity index (χ1) is 11.4. The van der Waals surface area contributed by atoms with Crippen LogP contribution >= 0.6 is 0 Å². The maximum Gasteiger partial charge on any atom is 0.295 e. The van der Waals surface area contributed by atoms with E-state index in [1.807, 2.05) is 0 Å². The van der Waals surface area contributed by atoms with Crippen molar-refractivity contribution in [3.05, 3.63) is 24.3 Å². The molecule has 0 amide bonds. The summed E-state index contributed by atoms with van der Waals surface area (Å²) in [6.07, 6.45) is 0. The lowest BCUT2D eigenvalue weighted by Crippen LogP contribution is -2.10. The van der Waals surface area contributed by atoms with Crippen LogP contribution in [0, 0.1) is 0 Å². The third kappa shape index (κ3) is 4.01. The fraction of sp³-hybridized carbons (Fsp3) is 0. The molecule has 0 spiro atoms.